The van der Waals surface area contributed by atoms with Gasteiger partial charge in [0.25, 0.3) is 5.91 Å². The van der Waals surface area contributed by atoms with Crippen LogP contribution >= 0.6 is 15.9 Å². The molecule has 0 heterocycles. The molecule has 3 aromatic carbocycles. The summed E-state index contributed by atoms with van der Waals surface area (Å²) in [5.41, 5.74) is 3.36. The number of carbonyl (C=O) groups is 1. The number of para-hydroxylation sites is 1. The predicted molar refractivity (Wildman–Crippen MR) is 94.0 cm³/mol. The van der Waals surface area contributed by atoms with Crippen LogP contribution in [0.4, 0.5) is 5.69 Å². The van der Waals surface area contributed by atoms with Crippen LogP contribution in [0, 0.1) is 0 Å². The average Bonchev–Trinajstić information content (AvgIpc) is 2.56. The minimum atomic E-state index is -0.119. The van der Waals surface area contributed by atoms with Gasteiger partial charge < -0.3 is 5.32 Å². The van der Waals surface area contributed by atoms with Crippen molar-refractivity contribution in [2.45, 2.75) is 0 Å². The maximum Gasteiger partial charge on any atom is 0.256 e. The number of carbonyl (C=O) groups excluding carboxylic acids is 1. The smallest absolute Gasteiger partial charge is 0.256 e. The predicted octanol–water partition coefficient (Wildman–Crippen LogP) is 5.37. The zero-order valence-electron chi connectivity index (χ0n) is 11.8. The second-order valence-electron chi connectivity index (χ2n) is 4.88. The highest BCUT2D eigenvalue weighted by molar-refractivity contribution is 9.10. The van der Waals surface area contributed by atoms with Gasteiger partial charge in [0.15, 0.2) is 0 Å². The monoisotopic (exact) mass is 351 g/mol. The number of benzene rings is 3. The van der Waals surface area contributed by atoms with Gasteiger partial charge in [-0.25, -0.2) is 0 Å². The molecule has 3 rings (SSSR count). The van der Waals surface area contributed by atoms with Gasteiger partial charge in [0.2, 0.25) is 0 Å². The first kappa shape index (κ1) is 14.5. The fourth-order valence-corrected chi connectivity index (χ4v) is 2.65. The van der Waals surface area contributed by atoms with Crippen molar-refractivity contribution in [3.63, 3.8) is 0 Å². The Labute approximate surface area is 137 Å². The summed E-state index contributed by atoms with van der Waals surface area (Å²) in [4.78, 5) is 12.6. The van der Waals surface area contributed by atoms with E-state index in [-0.39, 0.29) is 5.91 Å². The molecule has 0 saturated heterocycles. The second-order valence-corrected chi connectivity index (χ2v) is 5.79. The number of anilines is 1. The van der Waals surface area contributed by atoms with Gasteiger partial charge in [-0.05, 0) is 35.4 Å². The van der Waals surface area contributed by atoms with E-state index in [0.29, 0.717) is 5.56 Å². The molecule has 1 amide bonds. The van der Waals surface area contributed by atoms with Crippen molar-refractivity contribution in [2.24, 2.45) is 0 Å². The molecule has 0 spiro atoms. The second kappa shape index (κ2) is 6.58. The summed E-state index contributed by atoms with van der Waals surface area (Å²) in [7, 11) is 0. The van der Waals surface area contributed by atoms with Gasteiger partial charge in [-0.3, -0.25) is 4.79 Å². The van der Waals surface area contributed by atoms with Gasteiger partial charge in [0.05, 0.1) is 0 Å². The molecule has 0 bridgehead atoms. The zero-order chi connectivity index (χ0) is 15.4. The number of nitrogens with one attached hydrogen (secondary N) is 1. The molecule has 108 valence electrons. The normalized spacial score (nSPS) is 10.2. The molecule has 0 fully saturated rings. The third-order valence-electron chi connectivity index (χ3n) is 3.34. The number of halogens is 1. The SMILES string of the molecule is O=C(Nc1ccccc1)c1cc(Br)ccc1-c1ccccc1. The van der Waals surface area contributed by atoms with Crippen LogP contribution in [0.3, 0.4) is 0 Å². The lowest BCUT2D eigenvalue weighted by Gasteiger charge is -2.11. The lowest BCUT2D eigenvalue weighted by atomic mass is 9.99. The Morgan fingerprint density at radius 2 is 1.45 bits per heavy atom. The Bertz CT molecular complexity index is 785. The van der Waals surface area contributed by atoms with Gasteiger partial charge >= 0.3 is 0 Å². The molecular formula is C19H14BrNO. The third-order valence-corrected chi connectivity index (χ3v) is 3.84. The fourth-order valence-electron chi connectivity index (χ4n) is 2.29. The zero-order valence-corrected chi connectivity index (χ0v) is 13.4. The van der Waals surface area contributed by atoms with Crippen molar-refractivity contribution < 1.29 is 4.79 Å². The molecule has 1 N–H and O–H groups in total. The van der Waals surface area contributed by atoms with Crippen LogP contribution in [-0.2, 0) is 0 Å². The quantitative estimate of drug-likeness (QED) is 0.675. The van der Waals surface area contributed by atoms with E-state index in [2.05, 4.69) is 21.2 Å². The van der Waals surface area contributed by atoms with Crippen LogP contribution in [0.25, 0.3) is 11.1 Å². The van der Waals surface area contributed by atoms with Crippen molar-refractivity contribution in [1.29, 1.82) is 0 Å². The number of rotatable bonds is 3. The maximum atomic E-state index is 12.6. The van der Waals surface area contributed by atoms with E-state index in [0.717, 1.165) is 21.3 Å². The summed E-state index contributed by atoms with van der Waals surface area (Å²) in [6.07, 6.45) is 0. The molecule has 3 aromatic rings. The van der Waals surface area contributed by atoms with E-state index in [1.54, 1.807) is 0 Å². The summed E-state index contributed by atoms with van der Waals surface area (Å²) in [6.45, 7) is 0. The number of hydrogen-bond donors (Lipinski definition) is 1. The Morgan fingerprint density at radius 1 is 0.818 bits per heavy atom. The van der Waals surface area contributed by atoms with E-state index < -0.39 is 0 Å². The Morgan fingerprint density at radius 3 is 2.14 bits per heavy atom. The van der Waals surface area contributed by atoms with Crippen molar-refractivity contribution >= 4 is 27.5 Å². The summed E-state index contributed by atoms with van der Waals surface area (Å²) in [5.74, 6) is -0.119. The molecule has 0 radical (unpaired) electrons. The summed E-state index contributed by atoms with van der Waals surface area (Å²) < 4.78 is 0.880. The standard InChI is InChI=1S/C19H14BrNO/c20-15-11-12-17(14-7-3-1-4-8-14)18(13-15)19(22)21-16-9-5-2-6-10-16/h1-13H,(H,21,22). The van der Waals surface area contributed by atoms with Crippen molar-refractivity contribution in [1.82, 2.24) is 0 Å². The Balaban J connectivity index is 1.99. The Kier molecular flexibility index (Phi) is 4.35. The third kappa shape index (κ3) is 3.26. The first-order valence-corrected chi connectivity index (χ1v) is 7.75. The van der Waals surface area contributed by atoms with Crippen LogP contribution in [-0.4, -0.2) is 5.91 Å². The minimum absolute atomic E-state index is 0.119. The van der Waals surface area contributed by atoms with Gasteiger partial charge in [-0.2, -0.15) is 0 Å². The molecule has 0 saturated carbocycles. The van der Waals surface area contributed by atoms with E-state index in [1.807, 2.05) is 78.9 Å². The van der Waals surface area contributed by atoms with E-state index >= 15 is 0 Å². The molecule has 0 atom stereocenters. The van der Waals surface area contributed by atoms with Crippen LogP contribution in [0.5, 0.6) is 0 Å². The summed E-state index contributed by atoms with van der Waals surface area (Å²) >= 11 is 3.44. The van der Waals surface area contributed by atoms with Crippen LogP contribution in [0.15, 0.2) is 83.3 Å². The molecule has 0 aromatic heterocycles. The van der Waals surface area contributed by atoms with Crippen LogP contribution in [0.1, 0.15) is 10.4 Å². The minimum Gasteiger partial charge on any atom is -0.322 e. The molecule has 2 nitrogen and oxygen atoms in total. The van der Waals surface area contributed by atoms with Crippen LogP contribution in [0.2, 0.25) is 0 Å². The molecule has 3 heteroatoms. The van der Waals surface area contributed by atoms with Gasteiger partial charge in [-0.15, -0.1) is 0 Å². The molecule has 0 unspecified atom stereocenters. The van der Waals surface area contributed by atoms with Crippen LogP contribution < -0.4 is 5.32 Å². The molecule has 0 aliphatic heterocycles. The van der Waals surface area contributed by atoms with Gasteiger partial charge in [-0.1, -0.05) is 70.5 Å². The first-order valence-electron chi connectivity index (χ1n) is 6.95. The highest BCUT2D eigenvalue weighted by Crippen LogP contribution is 2.27. The fraction of sp³-hybridized carbons (Fsp3) is 0. The molecule has 0 aliphatic rings. The van der Waals surface area contributed by atoms with Crippen molar-refractivity contribution in [3.05, 3.63) is 88.9 Å². The summed E-state index contributed by atoms with van der Waals surface area (Å²) in [6, 6.07) is 25.1. The highest BCUT2D eigenvalue weighted by Gasteiger charge is 2.13. The average molecular weight is 352 g/mol. The lowest BCUT2D eigenvalue weighted by molar-refractivity contribution is 0.102. The maximum absolute atomic E-state index is 12.6. The van der Waals surface area contributed by atoms with Crippen molar-refractivity contribution in [3.8, 4) is 11.1 Å². The van der Waals surface area contributed by atoms with E-state index in [4.69, 9.17) is 0 Å². The molecule has 22 heavy (non-hydrogen) atoms. The molecular weight excluding hydrogens is 338 g/mol. The summed E-state index contributed by atoms with van der Waals surface area (Å²) in [5, 5.41) is 2.94. The first-order chi connectivity index (χ1) is 10.7. The lowest BCUT2D eigenvalue weighted by Crippen LogP contribution is -2.13. The van der Waals surface area contributed by atoms with E-state index in [1.165, 1.54) is 0 Å². The van der Waals surface area contributed by atoms with Gasteiger partial charge in [0, 0.05) is 15.7 Å². The molecule has 0 aliphatic carbocycles. The van der Waals surface area contributed by atoms with Crippen molar-refractivity contribution in [2.75, 3.05) is 5.32 Å². The van der Waals surface area contributed by atoms with Gasteiger partial charge in [0.1, 0.15) is 0 Å². The topological polar surface area (TPSA) is 29.1 Å². The Hall–Kier alpha value is -2.39. The highest BCUT2D eigenvalue weighted by atomic mass is 79.9. The van der Waals surface area contributed by atoms with E-state index in [9.17, 15) is 4.79 Å². The largest absolute Gasteiger partial charge is 0.322 e. The number of amides is 1. The number of hydrogen-bond acceptors (Lipinski definition) is 1.